The third-order valence-corrected chi connectivity index (χ3v) is 6.54. The van der Waals surface area contributed by atoms with E-state index in [9.17, 15) is 19.2 Å². The van der Waals surface area contributed by atoms with Crippen LogP contribution in [0.3, 0.4) is 0 Å². The molecule has 0 radical (unpaired) electrons. The fraction of sp³-hybridized carbons (Fsp3) is 0.214. The van der Waals surface area contributed by atoms with Crippen LogP contribution in [-0.4, -0.2) is 53.4 Å². The molecular weight excluding hydrogens is 496 g/mol. The number of hydrogen-bond donors (Lipinski definition) is 0. The normalized spacial score (nSPS) is 20.6. The average Bonchev–Trinajstić information content (AvgIpc) is 3.23. The lowest BCUT2D eigenvalue weighted by molar-refractivity contribution is -0.117. The lowest BCUT2D eigenvalue weighted by atomic mass is 10.1. The van der Waals surface area contributed by atoms with Crippen LogP contribution in [0.1, 0.15) is 38.0 Å². The first-order valence-electron chi connectivity index (χ1n) is 11.5. The molecule has 1 heterocycles. The molecule has 190 valence electrons. The molecule has 4 atom stereocenters. The van der Waals surface area contributed by atoms with Crippen molar-refractivity contribution in [2.24, 2.45) is 0 Å². The third-order valence-electron chi connectivity index (χ3n) is 5.44. The zero-order valence-corrected chi connectivity index (χ0v) is 20.7. The number of rotatable bonds is 8. The van der Waals surface area contributed by atoms with E-state index in [4.69, 9.17) is 18.9 Å². The Morgan fingerprint density at radius 2 is 1.16 bits per heavy atom. The van der Waals surface area contributed by atoms with E-state index in [2.05, 4.69) is 0 Å². The maximum Gasteiger partial charge on any atom is 0.340 e. The highest BCUT2D eigenvalue weighted by Gasteiger charge is 2.51. The summed E-state index contributed by atoms with van der Waals surface area (Å²) < 4.78 is 22.7. The van der Waals surface area contributed by atoms with Crippen LogP contribution in [0.4, 0.5) is 0 Å². The summed E-state index contributed by atoms with van der Waals surface area (Å²) in [6.45, 7) is 1.05. The number of hydrogen-bond acceptors (Lipinski definition) is 9. The Kier molecular flexibility index (Phi) is 8.71. The summed E-state index contributed by atoms with van der Waals surface area (Å²) in [6, 6.07) is 25.0. The van der Waals surface area contributed by atoms with Gasteiger partial charge >= 0.3 is 17.9 Å². The minimum atomic E-state index is -1.24. The van der Waals surface area contributed by atoms with E-state index < -0.39 is 41.7 Å². The minimum Gasteiger partial charge on any atom is -0.459 e. The highest BCUT2D eigenvalue weighted by molar-refractivity contribution is 8.14. The first kappa shape index (κ1) is 26.1. The quantitative estimate of drug-likeness (QED) is 0.317. The summed E-state index contributed by atoms with van der Waals surface area (Å²) in [5, 5.41) is -1.18. The Morgan fingerprint density at radius 1 is 0.703 bits per heavy atom. The monoisotopic (exact) mass is 520 g/mol. The minimum absolute atomic E-state index is 0.287. The van der Waals surface area contributed by atoms with E-state index >= 15 is 0 Å². The number of carbonyl (C=O) groups excluding carboxylic acids is 4. The van der Waals surface area contributed by atoms with E-state index in [1.54, 1.807) is 91.0 Å². The van der Waals surface area contributed by atoms with E-state index in [-0.39, 0.29) is 17.3 Å². The van der Waals surface area contributed by atoms with Crippen LogP contribution in [0.15, 0.2) is 91.0 Å². The maximum absolute atomic E-state index is 12.9. The molecule has 3 aromatic carbocycles. The molecule has 0 aliphatic carbocycles. The molecule has 1 fully saturated rings. The summed E-state index contributed by atoms with van der Waals surface area (Å²) in [6.07, 6.45) is -3.29. The average molecular weight is 521 g/mol. The number of esters is 3. The van der Waals surface area contributed by atoms with Crippen LogP contribution in [-0.2, 0) is 23.7 Å². The number of benzene rings is 3. The summed E-state index contributed by atoms with van der Waals surface area (Å²) >= 11 is 0.828. The number of carbonyl (C=O) groups is 4. The van der Waals surface area contributed by atoms with E-state index in [0.717, 1.165) is 11.8 Å². The number of ether oxygens (including phenoxy) is 4. The topological polar surface area (TPSA) is 105 Å². The second kappa shape index (κ2) is 12.3. The van der Waals surface area contributed by atoms with Crippen molar-refractivity contribution in [3.63, 3.8) is 0 Å². The van der Waals surface area contributed by atoms with Crippen molar-refractivity contribution in [1.82, 2.24) is 0 Å². The van der Waals surface area contributed by atoms with Crippen molar-refractivity contribution in [2.75, 3.05) is 6.61 Å². The molecule has 0 bridgehead atoms. The van der Waals surface area contributed by atoms with E-state index in [1.165, 1.54) is 6.92 Å². The molecule has 1 unspecified atom stereocenters. The summed E-state index contributed by atoms with van der Waals surface area (Å²) in [7, 11) is 0. The van der Waals surface area contributed by atoms with Crippen LogP contribution in [0.25, 0.3) is 0 Å². The predicted octanol–water partition coefficient (Wildman–Crippen LogP) is 4.30. The molecule has 0 N–H and O–H groups in total. The fourth-order valence-corrected chi connectivity index (χ4v) is 4.69. The fourth-order valence-electron chi connectivity index (χ4n) is 3.71. The molecule has 1 aliphatic rings. The molecule has 0 aromatic heterocycles. The SMILES string of the molecule is CC(=O)S[C@H]1C(OC(=O)c2ccccc2)O[C@@H](COC(=O)c2ccccc2)[C@@H]1OC(=O)c1ccccc1. The molecule has 3 aromatic rings. The molecule has 4 rings (SSSR count). The molecule has 1 saturated heterocycles. The third kappa shape index (κ3) is 6.84. The van der Waals surface area contributed by atoms with Gasteiger partial charge in [0.2, 0.25) is 6.29 Å². The van der Waals surface area contributed by atoms with Gasteiger partial charge in [0, 0.05) is 6.92 Å². The predicted molar refractivity (Wildman–Crippen MR) is 135 cm³/mol. The second-order valence-corrected chi connectivity index (χ2v) is 9.44. The van der Waals surface area contributed by atoms with Crippen LogP contribution in [0.2, 0.25) is 0 Å². The van der Waals surface area contributed by atoms with Crippen molar-refractivity contribution >= 4 is 34.8 Å². The Labute approximate surface area is 217 Å². The Bertz CT molecular complexity index is 1230. The number of thioether (sulfide) groups is 1. The van der Waals surface area contributed by atoms with Crippen LogP contribution in [0, 0.1) is 0 Å². The van der Waals surface area contributed by atoms with Gasteiger partial charge in [-0.3, -0.25) is 4.79 Å². The van der Waals surface area contributed by atoms with Gasteiger partial charge in [-0.25, -0.2) is 14.4 Å². The van der Waals surface area contributed by atoms with Gasteiger partial charge in [0.05, 0.1) is 16.7 Å². The highest BCUT2D eigenvalue weighted by Crippen LogP contribution is 2.35. The lowest BCUT2D eigenvalue weighted by Crippen LogP contribution is -2.39. The van der Waals surface area contributed by atoms with Crippen molar-refractivity contribution in [3.8, 4) is 0 Å². The molecule has 0 saturated carbocycles. The Morgan fingerprint density at radius 3 is 1.65 bits per heavy atom. The maximum atomic E-state index is 12.9. The smallest absolute Gasteiger partial charge is 0.340 e. The van der Waals surface area contributed by atoms with Crippen LogP contribution < -0.4 is 0 Å². The van der Waals surface area contributed by atoms with Gasteiger partial charge in [0.15, 0.2) is 11.2 Å². The van der Waals surface area contributed by atoms with E-state index in [0.29, 0.717) is 11.1 Å². The summed E-state index contributed by atoms with van der Waals surface area (Å²) in [5.41, 5.74) is 0.910. The highest BCUT2D eigenvalue weighted by atomic mass is 32.2. The van der Waals surface area contributed by atoms with Crippen molar-refractivity contribution < 1.29 is 38.1 Å². The second-order valence-electron chi connectivity index (χ2n) is 8.09. The summed E-state index contributed by atoms with van der Waals surface area (Å²) in [5.74, 6) is -1.93. The van der Waals surface area contributed by atoms with Crippen LogP contribution >= 0.6 is 11.8 Å². The van der Waals surface area contributed by atoms with Gasteiger partial charge in [-0.05, 0) is 36.4 Å². The molecule has 8 nitrogen and oxygen atoms in total. The molecule has 37 heavy (non-hydrogen) atoms. The zero-order valence-electron chi connectivity index (χ0n) is 19.9. The molecular formula is C28H24O8S. The standard InChI is InChI=1S/C28H24O8S/c1-18(29)37-24-23(35-26(31)20-13-7-3-8-14-20)22(17-33-25(30)19-11-5-2-6-12-19)34-28(24)36-27(32)21-15-9-4-10-16-21/h2-16,22-24,28H,17H2,1H3/t22-,23-,24+,28?/m0/s1. The first-order valence-corrected chi connectivity index (χ1v) is 12.4. The van der Waals surface area contributed by atoms with E-state index in [1.807, 2.05) is 0 Å². The van der Waals surface area contributed by atoms with Gasteiger partial charge in [0.25, 0.3) is 0 Å². The van der Waals surface area contributed by atoms with Gasteiger partial charge in [-0.1, -0.05) is 66.4 Å². The molecule has 9 heteroatoms. The van der Waals surface area contributed by atoms with Gasteiger partial charge in [-0.2, -0.15) is 0 Å². The Hall–Kier alpha value is -3.95. The first-order chi connectivity index (χ1) is 17.9. The lowest BCUT2D eigenvalue weighted by Gasteiger charge is -2.22. The van der Waals surface area contributed by atoms with Crippen molar-refractivity contribution in [3.05, 3.63) is 108 Å². The van der Waals surface area contributed by atoms with Gasteiger partial charge in [0.1, 0.15) is 18.0 Å². The largest absolute Gasteiger partial charge is 0.459 e. The van der Waals surface area contributed by atoms with Gasteiger partial charge in [-0.15, -0.1) is 0 Å². The molecule has 0 amide bonds. The van der Waals surface area contributed by atoms with Crippen molar-refractivity contribution in [1.29, 1.82) is 0 Å². The summed E-state index contributed by atoms with van der Waals surface area (Å²) in [4.78, 5) is 50.3. The molecule has 1 aliphatic heterocycles. The zero-order chi connectivity index (χ0) is 26.2. The molecule has 0 spiro atoms. The van der Waals surface area contributed by atoms with Gasteiger partial charge < -0.3 is 18.9 Å². The Balaban J connectivity index is 1.57. The van der Waals surface area contributed by atoms with Crippen LogP contribution in [0.5, 0.6) is 0 Å². The van der Waals surface area contributed by atoms with Crippen molar-refractivity contribution in [2.45, 2.75) is 30.7 Å².